The molecule has 0 amide bonds. The topological polar surface area (TPSA) is 42.3 Å². The Balaban J connectivity index is 0.00000169. The molecular formula is C10H14ClNO2. The van der Waals surface area contributed by atoms with E-state index in [1.54, 1.807) is 0 Å². The van der Waals surface area contributed by atoms with Gasteiger partial charge in [0.2, 0.25) is 5.90 Å². The smallest absolute Gasteiger partial charge is 0.219 e. The van der Waals surface area contributed by atoms with Crippen molar-refractivity contribution in [3.8, 4) is 5.75 Å². The second-order valence-electron chi connectivity index (χ2n) is 2.46. The molecule has 0 unspecified atom stereocenters. The molecule has 0 radical (unpaired) electrons. The van der Waals surface area contributed by atoms with Gasteiger partial charge in [-0.15, -0.1) is 12.4 Å². The van der Waals surface area contributed by atoms with E-state index >= 15 is 0 Å². The Morgan fingerprint density at radius 2 is 1.93 bits per heavy atom. The molecule has 0 aliphatic carbocycles. The molecule has 0 aliphatic rings. The zero-order chi connectivity index (χ0) is 9.52. The summed E-state index contributed by atoms with van der Waals surface area (Å²) < 4.78 is 10.2. The van der Waals surface area contributed by atoms with E-state index in [-0.39, 0.29) is 24.9 Å². The molecule has 1 rings (SSSR count). The van der Waals surface area contributed by atoms with Gasteiger partial charge in [0.25, 0.3) is 0 Å². The molecule has 3 nitrogen and oxygen atoms in total. The molecule has 0 fully saturated rings. The highest BCUT2D eigenvalue weighted by Gasteiger charge is 1.97. The average Bonchev–Trinajstić information content (AvgIpc) is 2.17. The third kappa shape index (κ3) is 4.72. The van der Waals surface area contributed by atoms with Crippen molar-refractivity contribution in [3.05, 3.63) is 30.3 Å². The van der Waals surface area contributed by atoms with Gasteiger partial charge in [0, 0.05) is 0 Å². The van der Waals surface area contributed by atoms with Crippen LogP contribution < -0.4 is 4.74 Å². The maximum atomic E-state index is 7.29. The second-order valence-corrected chi connectivity index (χ2v) is 2.46. The summed E-state index contributed by atoms with van der Waals surface area (Å²) in [5, 5.41) is 7.29. The minimum atomic E-state index is 0. The molecule has 14 heavy (non-hydrogen) atoms. The van der Waals surface area contributed by atoms with Crippen LogP contribution in [0.2, 0.25) is 0 Å². The molecule has 4 heteroatoms. The van der Waals surface area contributed by atoms with E-state index in [2.05, 4.69) is 0 Å². The maximum Gasteiger partial charge on any atom is 0.219 e. The summed E-state index contributed by atoms with van der Waals surface area (Å²) in [6, 6.07) is 9.39. The number of nitrogens with one attached hydrogen (secondary N) is 1. The normalized spacial score (nSPS) is 8.64. The zero-order valence-corrected chi connectivity index (χ0v) is 8.84. The Hall–Kier alpha value is -1.22. The standard InChI is InChI=1S/C10H13NO2.ClH/c1-2-12-10(11)8-13-9-6-4-3-5-7-9;/h3-7,11H,2,8H2,1H3;1H. The van der Waals surface area contributed by atoms with Gasteiger partial charge in [-0.25, -0.2) is 0 Å². The third-order valence-corrected chi connectivity index (χ3v) is 1.43. The van der Waals surface area contributed by atoms with E-state index in [9.17, 15) is 0 Å². The van der Waals surface area contributed by atoms with E-state index in [0.717, 1.165) is 5.75 Å². The van der Waals surface area contributed by atoms with Crippen molar-refractivity contribution in [1.82, 2.24) is 0 Å². The van der Waals surface area contributed by atoms with Gasteiger partial charge in [-0.1, -0.05) is 18.2 Å². The molecule has 0 aliphatic heterocycles. The summed E-state index contributed by atoms with van der Waals surface area (Å²) in [7, 11) is 0. The van der Waals surface area contributed by atoms with Crippen LogP contribution in [0.15, 0.2) is 30.3 Å². The van der Waals surface area contributed by atoms with E-state index in [1.165, 1.54) is 0 Å². The number of ether oxygens (including phenoxy) is 2. The fourth-order valence-electron chi connectivity index (χ4n) is 0.881. The summed E-state index contributed by atoms with van der Waals surface area (Å²) in [4.78, 5) is 0. The number of rotatable bonds is 4. The average molecular weight is 216 g/mol. The summed E-state index contributed by atoms with van der Waals surface area (Å²) in [5.41, 5.74) is 0. The lowest BCUT2D eigenvalue weighted by Crippen LogP contribution is -2.13. The first kappa shape index (κ1) is 12.8. The highest BCUT2D eigenvalue weighted by Crippen LogP contribution is 2.07. The number of para-hydroxylation sites is 1. The zero-order valence-electron chi connectivity index (χ0n) is 8.03. The van der Waals surface area contributed by atoms with Crippen LogP contribution >= 0.6 is 12.4 Å². The van der Waals surface area contributed by atoms with Crippen molar-refractivity contribution < 1.29 is 9.47 Å². The van der Waals surface area contributed by atoms with Crippen molar-refractivity contribution >= 4 is 18.3 Å². The molecule has 1 aromatic carbocycles. The van der Waals surface area contributed by atoms with Gasteiger partial charge >= 0.3 is 0 Å². The van der Waals surface area contributed by atoms with Crippen LogP contribution in [0.3, 0.4) is 0 Å². The van der Waals surface area contributed by atoms with Crippen LogP contribution in [0.5, 0.6) is 5.75 Å². The van der Waals surface area contributed by atoms with Crippen LogP contribution in [0, 0.1) is 5.41 Å². The van der Waals surface area contributed by atoms with Crippen LogP contribution in [0.25, 0.3) is 0 Å². The van der Waals surface area contributed by atoms with Gasteiger partial charge in [-0.3, -0.25) is 5.41 Å². The van der Waals surface area contributed by atoms with Crippen LogP contribution in [-0.4, -0.2) is 19.1 Å². The van der Waals surface area contributed by atoms with Crippen molar-refractivity contribution in [3.63, 3.8) is 0 Å². The molecule has 0 spiro atoms. The van der Waals surface area contributed by atoms with Gasteiger partial charge < -0.3 is 9.47 Å². The fourth-order valence-corrected chi connectivity index (χ4v) is 0.881. The lowest BCUT2D eigenvalue weighted by molar-refractivity contribution is 0.273. The minimum absolute atomic E-state index is 0. The van der Waals surface area contributed by atoms with Crippen molar-refractivity contribution in [2.45, 2.75) is 6.92 Å². The summed E-state index contributed by atoms with van der Waals surface area (Å²) in [6.07, 6.45) is 0. The van der Waals surface area contributed by atoms with E-state index in [1.807, 2.05) is 37.3 Å². The Kier molecular flexibility index (Phi) is 6.58. The fraction of sp³-hybridized carbons (Fsp3) is 0.300. The molecule has 0 atom stereocenters. The van der Waals surface area contributed by atoms with Crippen LogP contribution in [-0.2, 0) is 4.74 Å². The largest absolute Gasteiger partial charge is 0.484 e. The van der Waals surface area contributed by atoms with E-state index in [0.29, 0.717) is 6.61 Å². The molecule has 1 aromatic rings. The van der Waals surface area contributed by atoms with Gasteiger partial charge in [-0.05, 0) is 19.1 Å². The molecule has 0 saturated heterocycles. The van der Waals surface area contributed by atoms with Crippen molar-refractivity contribution in [2.75, 3.05) is 13.2 Å². The molecule has 0 saturated carbocycles. The lowest BCUT2D eigenvalue weighted by Gasteiger charge is -2.06. The third-order valence-electron chi connectivity index (χ3n) is 1.43. The predicted molar refractivity (Wildman–Crippen MR) is 58.5 cm³/mol. The SMILES string of the molecule is CCOC(=N)COc1ccccc1.Cl. The van der Waals surface area contributed by atoms with Crippen molar-refractivity contribution in [2.24, 2.45) is 0 Å². The Morgan fingerprint density at radius 3 is 2.50 bits per heavy atom. The predicted octanol–water partition coefficient (Wildman–Crippen LogP) is 2.50. The molecular weight excluding hydrogens is 202 g/mol. The summed E-state index contributed by atoms with van der Waals surface area (Å²) >= 11 is 0. The molecule has 0 heterocycles. The summed E-state index contributed by atoms with van der Waals surface area (Å²) in [6.45, 7) is 2.55. The van der Waals surface area contributed by atoms with E-state index in [4.69, 9.17) is 14.9 Å². The van der Waals surface area contributed by atoms with Crippen molar-refractivity contribution in [1.29, 1.82) is 5.41 Å². The first-order chi connectivity index (χ1) is 6.33. The molecule has 1 N–H and O–H groups in total. The number of halogens is 1. The van der Waals surface area contributed by atoms with Gasteiger partial charge in [-0.2, -0.15) is 0 Å². The Labute approximate surface area is 90.0 Å². The van der Waals surface area contributed by atoms with E-state index < -0.39 is 0 Å². The van der Waals surface area contributed by atoms with Crippen LogP contribution in [0.1, 0.15) is 6.92 Å². The summed E-state index contributed by atoms with van der Waals surface area (Å²) in [5.74, 6) is 0.915. The van der Waals surface area contributed by atoms with Crippen LogP contribution in [0.4, 0.5) is 0 Å². The first-order valence-corrected chi connectivity index (χ1v) is 4.21. The second kappa shape index (κ2) is 7.21. The number of hydrogen-bond donors (Lipinski definition) is 1. The highest BCUT2D eigenvalue weighted by molar-refractivity contribution is 5.85. The highest BCUT2D eigenvalue weighted by atomic mass is 35.5. The minimum Gasteiger partial charge on any atom is -0.484 e. The monoisotopic (exact) mass is 215 g/mol. The van der Waals surface area contributed by atoms with Gasteiger partial charge in [0.15, 0.2) is 6.61 Å². The maximum absolute atomic E-state index is 7.29. The van der Waals surface area contributed by atoms with Gasteiger partial charge in [0.1, 0.15) is 5.75 Å². The van der Waals surface area contributed by atoms with Gasteiger partial charge in [0.05, 0.1) is 6.61 Å². The molecule has 0 aromatic heterocycles. The number of hydrogen-bond acceptors (Lipinski definition) is 3. The molecule has 0 bridgehead atoms. The molecule has 78 valence electrons. The lowest BCUT2D eigenvalue weighted by atomic mass is 10.3. The Bertz CT molecular complexity index is 264. The Morgan fingerprint density at radius 1 is 1.29 bits per heavy atom. The quantitative estimate of drug-likeness (QED) is 0.620. The first-order valence-electron chi connectivity index (χ1n) is 4.21. The number of benzene rings is 1.